The molecule has 90 valence electrons. The number of methoxy groups -OCH3 is 1. The van der Waals surface area contributed by atoms with Gasteiger partial charge in [0.25, 0.3) is 0 Å². The second kappa shape index (κ2) is 7.12. The van der Waals surface area contributed by atoms with Crippen molar-refractivity contribution < 1.29 is 9.47 Å². The molecule has 0 aromatic heterocycles. The summed E-state index contributed by atoms with van der Waals surface area (Å²) in [5, 5.41) is 0. The maximum absolute atomic E-state index is 5.64. The van der Waals surface area contributed by atoms with E-state index >= 15 is 0 Å². The highest BCUT2D eigenvalue weighted by molar-refractivity contribution is 5.43. The molecule has 0 aliphatic rings. The summed E-state index contributed by atoms with van der Waals surface area (Å²) in [5.41, 5.74) is 6.74. The van der Waals surface area contributed by atoms with Gasteiger partial charge in [-0.05, 0) is 43.5 Å². The maximum atomic E-state index is 5.64. The van der Waals surface area contributed by atoms with Gasteiger partial charge in [-0.25, -0.2) is 0 Å². The summed E-state index contributed by atoms with van der Waals surface area (Å²) >= 11 is 0. The fraction of sp³-hybridized carbons (Fsp3) is 0.538. The van der Waals surface area contributed by atoms with Gasteiger partial charge in [0, 0.05) is 0 Å². The lowest BCUT2D eigenvalue weighted by Gasteiger charge is -2.11. The average molecular weight is 223 g/mol. The number of benzene rings is 1. The molecule has 1 rings (SSSR count). The molecule has 16 heavy (non-hydrogen) atoms. The van der Waals surface area contributed by atoms with Crippen molar-refractivity contribution >= 4 is 0 Å². The Morgan fingerprint density at radius 1 is 1.25 bits per heavy atom. The summed E-state index contributed by atoms with van der Waals surface area (Å²) < 4.78 is 10.9. The minimum absolute atomic E-state index is 0.719. The zero-order chi connectivity index (χ0) is 11.8. The summed E-state index contributed by atoms with van der Waals surface area (Å²) in [4.78, 5) is 0. The first-order valence-electron chi connectivity index (χ1n) is 5.81. The van der Waals surface area contributed by atoms with Crippen LogP contribution in [0.25, 0.3) is 0 Å². The normalized spacial score (nSPS) is 10.2. The van der Waals surface area contributed by atoms with Crippen molar-refractivity contribution in [3.63, 3.8) is 0 Å². The van der Waals surface area contributed by atoms with Crippen LogP contribution in [-0.2, 0) is 6.42 Å². The molecule has 1 aromatic carbocycles. The third-order valence-electron chi connectivity index (χ3n) is 2.36. The molecule has 0 radical (unpaired) electrons. The van der Waals surface area contributed by atoms with E-state index in [2.05, 4.69) is 13.0 Å². The molecular formula is C13H21NO2. The molecule has 3 nitrogen and oxygen atoms in total. The third-order valence-corrected chi connectivity index (χ3v) is 2.36. The van der Waals surface area contributed by atoms with E-state index in [0.717, 1.165) is 43.9 Å². The van der Waals surface area contributed by atoms with Crippen molar-refractivity contribution in [1.82, 2.24) is 0 Å². The van der Waals surface area contributed by atoms with Crippen molar-refractivity contribution in [2.75, 3.05) is 20.3 Å². The Kier molecular flexibility index (Phi) is 5.72. The number of nitrogens with two attached hydrogens (primary N) is 1. The van der Waals surface area contributed by atoms with Gasteiger partial charge in [0.1, 0.15) is 0 Å². The van der Waals surface area contributed by atoms with E-state index in [1.807, 2.05) is 12.1 Å². The standard InChI is InChI=1S/C13H21NO2/c1-3-9-16-13-10-11(5-4-8-14)6-7-12(13)15-2/h6-7,10H,3-5,8-9,14H2,1-2H3. The molecule has 0 bridgehead atoms. The van der Waals surface area contributed by atoms with E-state index in [0.29, 0.717) is 0 Å². The van der Waals surface area contributed by atoms with E-state index < -0.39 is 0 Å². The lowest BCUT2D eigenvalue weighted by Crippen LogP contribution is -2.02. The number of hydrogen-bond acceptors (Lipinski definition) is 3. The lowest BCUT2D eigenvalue weighted by molar-refractivity contribution is 0.294. The first-order valence-corrected chi connectivity index (χ1v) is 5.81. The van der Waals surface area contributed by atoms with E-state index in [1.165, 1.54) is 5.56 Å². The Morgan fingerprint density at radius 3 is 2.69 bits per heavy atom. The molecule has 0 aliphatic carbocycles. The molecule has 0 spiro atoms. The monoisotopic (exact) mass is 223 g/mol. The second-order valence-electron chi connectivity index (χ2n) is 3.73. The number of ether oxygens (including phenoxy) is 2. The Hall–Kier alpha value is -1.22. The van der Waals surface area contributed by atoms with Crippen molar-refractivity contribution in [3.05, 3.63) is 23.8 Å². The Morgan fingerprint density at radius 2 is 2.06 bits per heavy atom. The SMILES string of the molecule is CCCOc1cc(CCCN)ccc1OC. The van der Waals surface area contributed by atoms with Crippen LogP contribution in [0.1, 0.15) is 25.3 Å². The van der Waals surface area contributed by atoms with Crippen LogP contribution in [0.4, 0.5) is 0 Å². The third kappa shape index (κ3) is 3.74. The predicted molar refractivity (Wildman–Crippen MR) is 66.2 cm³/mol. The Balaban J connectivity index is 2.74. The van der Waals surface area contributed by atoms with E-state index in [-0.39, 0.29) is 0 Å². The molecule has 0 saturated heterocycles. The van der Waals surface area contributed by atoms with E-state index in [9.17, 15) is 0 Å². The summed E-state index contributed by atoms with van der Waals surface area (Å²) in [6, 6.07) is 6.06. The van der Waals surface area contributed by atoms with Gasteiger partial charge < -0.3 is 15.2 Å². The van der Waals surface area contributed by atoms with E-state index in [4.69, 9.17) is 15.2 Å². The molecular weight excluding hydrogens is 202 g/mol. The zero-order valence-electron chi connectivity index (χ0n) is 10.2. The summed E-state index contributed by atoms with van der Waals surface area (Å²) in [6.07, 6.45) is 2.98. The molecule has 0 atom stereocenters. The molecule has 2 N–H and O–H groups in total. The largest absolute Gasteiger partial charge is 0.493 e. The first kappa shape index (κ1) is 12.8. The van der Waals surface area contributed by atoms with Crippen LogP contribution in [0.2, 0.25) is 0 Å². The predicted octanol–water partition coefficient (Wildman–Crippen LogP) is 2.38. The molecule has 0 saturated carbocycles. The molecule has 0 unspecified atom stereocenters. The van der Waals surface area contributed by atoms with Crippen LogP contribution in [0.3, 0.4) is 0 Å². The number of rotatable bonds is 7. The van der Waals surface area contributed by atoms with Gasteiger partial charge in [0.2, 0.25) is 0 Å². The van der Waals surface area contributed by atoms with Crippen LogP contribution in [0.5, 0.6) is 11.5 Å². The fourth-order valence-corrected chi connectivity index (χ4v) is 1.51. The summed E-state index contributed by atoms with van der Waals surface area (Å²) in [6.45, 7) is 3.53. The Bertz CT molecular complexity index is 313. The summed E-state index contributed by atoms with van der Waals surface area (Å²) in [5.74, 6) is 1.63. The van der Waals surface area contributed by atoms with Gasteiger partial charge in [0.05, 0.1) is 13.7 Å². The maximum Gasteiger partial charge on any atom is 0.161 e. The van der Waals surface area contributed by atoms with Gasteiger partial charge in [-0.15, -0.1) is 0 Å². The van der Waals surface area contributed by atoms with Gasteiger partial charge in [-0.2, -0.15) is 0 Å². The van der Waals surface area contributed by atoms with Crippen molar-refractivity contribution in [2.45, 2.75) is 26.2 Å². The molecule has 0 fully saturated rings. The van der Waals surface area contributed by atoms with E-state index in [1.54, 1.807) is 7.11 Å². The molecule has 0 amide bonds. The minimum atomic E-state index is 0.719. The lowest BCUT2D eigenvalue weighted by atomic mass is 10.1. The highest BCUT2D eigenvalue weighted by Gasteiger charge is 2.05. The Labute approximate surface area is 97.6 Å². The van der Waals surface area contributed by atoms with Crippen LogP contribution >= 0.6 is 0 Å². The first-order chi connectivity index (χ1) is 7.81. The van der Waals surface area contributed by atoms with Crippen LogP contribution in [0.15, 0.2) is 18.2 Å². The second-order valence-corrected chi connectivity index (χ2v) is 3.73. The van der Waals surface area contributed by atoms with Gasteiger partial charge >= 0.3 is 0 Å². The summed E-state index contributed by atoms with van der Waals surface area (Å²) in [7, 11) is 1.66. The van der Waals surface area contributed by atoms with Crippen LogP contribution in [0, 0.1) is 0 Å². The minimum Gasteiger partial charge on any atom is -0.493 e. The fourth-order valence-electron chi connectivity index (χ4n) is 1.51. The number of hydrogen-bond donors (Lipinski definition) is 1. The van der Waals surface area contributed by atoms with Crippen molar-refractivity contribution in [2.24, 2.45) is 5.73 Å². The average Bonchev–Trinajstić information content (AvgIpc) is 2.33. The topological polar surface area (TPSA) is 44.5 Å². The van der Waals surface area contributed by atoms with Crippen molar-refractivity contribution in [1.29, 1.82) is 0 Å². The molecule has 0 aliphatic heterocycles. The van der Waals surface area contributed by atoms with Gasteiger partial charge in [-0.3, -0.25) is 0 Å². The highest BCUT2D eigenvalue weighted by Crippen LogP contribution is 2.28. The quantitative estimate of drug-likeness (QED) is 0.772. The zero-order valence-corrected chi connectivity index (χ0v) is 10.2. The molecule has 3 heteroatoms. The van der Waals surface area contributed by atoms with Crippen LogP contribution in [-0.4, -0.2) is 20.3 Å². The number of aryl methyl sites for hydroxylation is 1. The molecule has 1 aromatic rings. The van der Waals surface area contributed by atoms with Crippen molar-refractivity contribution in [3.8, 4) is 11.5 Å². The smallest absolute Gasteiger partial charge is 0.161 e. The molecule has 0 heterocycles. The van der Waals surface area contributed by atoms with Crippen LogP contribution < -0.4 is 15.2 Å². The highest BCUT2D eigenvalue weighted by atomic mass is 16.5. The van der Waals surface area contributed by atoms with Gasteiger partial charge in [-0.1, -0.05) is 13.0 Å². The van der Waals surface area contributed by atoms with Gasteiger partial charge in [0.15, 0.2) is 11.5 Å².